The lowest BCUT2D eigenvalue weighted by atomic mass is 10.1. The van der Waals surface area contributed by atoms with Crippen molar-refractivity contribution in [2.75, 3.05) is 6.54 Å². The highest BCUT2D eigenvalue weighted by atomic mass is 19.1. The monoisotopic (exact) mass is 219 g/mol. The minimum absolute atomic E-state index is 0.241. The van der Waals surface area contributed by atoms with Crippen LogP contribution in [0.2, 0.25) is 0 Å². The summed E-state index contributed by atoms with van der Waals surface area (Å²) in [6, 6.07) is 6.41. The Hall–Kier alpha value is -1.68. The quantitative estimate of drug-likeness (QED) is 0.856. The van der Waals surface area contributed by atoms with E-state index in [4.69, 9.17) is 5.73 Å². The Kier molecular flexibility index (Phi) is 3.01. The summed E-state index contributed by atoms with van der Waals surface area (Å²) >= 11 is 0. The molecule has 0 aliphatic rings. The van der Waals surface area contributed by atoms with E-state index in [9.17, 15) is 4.39 Å². The fraction of sp³-hybridized carbons (Fsp3) is 0.250. The highest BCUT2D eigenvalue weighted by molar-refractivity contribution is 5.22. The minimum atomic E-state index is -0.244. The molecule has 1 aromatic carbocycles. The van der Waals surface area contributed by atoms with Gasteiger partial charge in [0.25, 0.3) is 0 Å². The smallest absolute Gasteiger partial charge is 0.128 e. The molecule has 0 amide bonds. The van der Waals surface area contributed by atoms with Gasteiger partial charge >= 0.3 is 0 Å². The summed E-state index contributed by atoms with van der Waals surface area (Å²) in [5.41, 5.74) is 7.30. The van der Waals surface area contributed by atoms with Crippen LogP contribution in [0.3, 0.4) is 0 Å². The maximum Gasteiger partial charge on any atom is 0.128 e. The lowest BCUT2D eigenvalue weighted by molar-refractivity contribution is 0.498. The lowest BCUT2D eigenvalue weighted by Gasteiger charge is -2.16. The van der Waals surface area contributed by atoms with Gasteiger partial charge in [-0.2, -0.15) is 5.10 Å². The second-order valence-corrected chi connectivity index (χ2v) is 3.77. The van der Waals surface area contributed by atoms with E-state index in [0.29, 0.717) is 12.1 Å². The molecule has 2 rings (SSSR count). The number of aryl methyl sites for hydroxylation is 1. The third kappa shape index (κ3) is 1.97. The molecule has 0 saturated carbocycles. The summed E-state index contributed by atoms with van der Waals surface area (Å²) in [6.07, 6.45) is 3.60. The molecule has 1 unspecified atom stereocenters. The number of rotatable bonds is 3. The van der Waals surface area contributed by atoms with E-state index in [2.05, 4.69) is 5.10 Å². The van der Waals surface area contributed by atoms with E-state index < -0.39 is 0 Å². The zero-order valence-electron chi connectivity index (χ0n) is 9.10. The fourth-order valence-electron chi connectivity index (χ4n) is 1.73. The predicted molar refractivity (Wildman–Crippen MR) is 60.6 cm³/mol. The predicted octanol–water partition coefficient (Wildman–Crippen LogP) is 1.88. The van der Waals surface area contributed by atoms with Gasteiger partial charge in [0.1, 0.15) is 5.82 Å². The Bertz CT molecular complexity index is 479. The molecule has 1 atom stereocenters. The summed E-state index contributed by atoms with van der Waals surface area (Å²) in [5.74, 6) is -0.244. The van der Waals surface area contributed by atoms with Gasteiger partial charge in [0.2, 0.25) is 0 Å². The molecule has 0 saturated heterocycles. The van der Waals surface area contributed by atoms with Crippen LogP contribution >= 0.6 is 0 Å². The first-order valence-electron chi connectivity index (χ1n) is 5.17. The Morgan fingerprint density at radius 1 is 1.44 bits per heavy atom. The first-order valence-corrected chi connectivity index (χ1v) is 5.17. The third-order valence-corrected chi connectivity index (χ3v) is 2.54. The summed E-state index contributed by atoms with van der Waals surface area (Å²) in [4.78, 5) is 0. The minimum Gasteiger partial charge on any atom is -0.328 e. The second-order valence-electron chi connectivity index (χ2n) is 3.77. The molecule has 0 fully saturated rings. The van der Waals surface area contributed by atoms with Gasteiger partial charge in [-0.05, 0) is 18.6 Å². The maximum absolute atomic E-state index is 13.6. The third-order valence-electron chi connectivity index (χ3n) is 2.54. The van der Waals surface area contributed by atoms with Crippen LogP contribution < -0.4 is 5.73 Å². The number of halogens is 1. The summed E-state index contributed by atoms with van der Waals surface area (Å²) in [5, 5.41) is 4.17. The van der Waals surface area contributed by atoms with Crippen LogP contribution in [-0.2, 0) is 0 Å². The molecule has 0 spiro atoms. The lowest BCUT2D eigenvalue weighted by Crippen LogP contribution is -2.21. The molecule has 2 aromatic rings. The van der Waals surface area contributed by atoms with Crippen molar-refractivity contribution >= 4 is 0 Å². The van der Waals surface area contributed by atoms with Crippen molar-refractivity contribution < 1.29 is 4.39 Å². The Morgan fingerprint density at radius 2 is 2.19 bits per heavy atom. The van der Waals surface area contributed by atoms with Gasteiger partial charge in [0.15, 0.2) is 0 Å². The van der Waals surface area contributed by atoms with Crippen molar-refractivity contribution in [1.82, 2.24) is 9.78 Å². The Morgan fingerprint density at radius 3 is 2.75 bits per heavy atom. The van der Waals surface area contributed by atoms with E-state index in [1.165, 1.54) is 6.07 Å². The molecule has 3 nitrogen and oxygen atoms in total. The summed E-state index contributed by atoms with van der Waals surface area (Å²) in [6.45, 7) is 2.26. The molecule has 16 heavy (non-hydrogen) atoms. The average molecular weight is 219 g/mol. The number of benzene rings is 1. The highest BCUT2D eigenvalue weighted by Crippen LogP contribution is 2.19. The van der Waals surface area contributed by atoms with E-state index >= 15 is 0 Å². The molecule has 4 heteroatoms. The number of hydrogen-bond acceptors (Lipinski definition) is 2. The maximum atomic E-state index is 13.6. The van der Waals surface area contributed by atoms with Crippen molar-refractivity contribution in [1.29, 1.82) is 0 Å². The molecule has 1 aromatic heterocycles. The van der Waals surface area contributed by atoms with Crippen LogP contribution in [0.25, 0.3) is 0 Å². The first kappa shape index (κ1) is 10.8. The SMILES string of the molecule is Cc1cnn(C(CN)c2ccccc2F)c1. The number of hydrogen-bond donors (Lipinski definition) is 1. The zero-order valence-corrected chi connectivity index (χ0v) is 9.10. The van der Waals surface area contributed by atoms with Gasteiger partial charge in [0.05, 0.1) is 12.2 Å². The molecule has 2 N–H and O–H groups in total. The van der Waals surface area contributed by atoms with Crippen LogP contribution in [0.4, 0.5) is 4.39 Å². The molecular formula is C12H14FN3. The molecule has 0 radical (unpaired) electrons. The summed E-state index contributed by atoms with van der Waals surface area (Å²) in [7, 11) is 0. The van der Waals surface area contributed by atoms with Gasteiger partial charge in [-0.3, -0.25) is 4.68 Å². The molecule has 0 bridgehead atoms. The summed E-state index contributed by atoms with van der Waals surface area (Å²) < 4.78 is 15.3. The van der Waals surface area contributed by atoms with Crippen LogP contribution in [-0.4, -0.2) is 16.3 Å². The van der Waals surface area contributed by atoms with Crippen molar-refractivity contribution in [3.63, 3.8) is 0 Å². The van der Waals surface area contributed by atoms with E-state index in [1.54, 1.807) is 29.1 Å². The molecule has 84 valence electrons. The largest absolute Gasteiger partial charge is 0.328 e. The fourth-order valence-corrected chi connectivity index (χ4v) is 1.73. The Balaban J connectivity index is 2.40. The van der Waals surface area contributed by atoms with Crippen LogP contribution in [0.1, 0.15) is 17.2 Å². The highest BCUT2D eigenvalue weighted by Gasteiger charge is 2.16. The van der Waals surface area contributed by atoms with Crippen LogP contribution in [0.15, 0.2) is 36.7 Å². The number of nitrogens with two attached hydrogens (primary N) is 1. The number of nitrogens with zero attached hydrogens (tertiary/aromatic N) is 2. The zero-order chi connectivity index (χ0) is 11.5. The van der Waals surface area contributed by atoms with E-state index in [0.717, 1.165) is 5.56 Å². The topological polar surface area (TPSA) is 43.8 Å². The van der Waals surface area contributed by atoms with E-state index in [-0.39, 0.29) is 11.9 Å². The van der Waals surface area contributed by atoms with Crippen molar-refractivity contribution in [3.05, 3.63) is 53.6 Å². The Labute approximate surface area is 93.7 Å². The number of aromatic nitrogens is 2. The molecule has 0 aliphatic carbocycles. The second kappa shape index (κ2) is 4.45. The molecule has 1 heterocycles. The van der Waals surface area contributed by atoms with Crippen molar-refractivity contribution in [2.45, 2.75) is 13.0 Å². The van der Waals surface area contributed by atoms with Crippen LogP contribution in [0, 0.1) is 12.7 Å². The van der Waals surface area contributed by atoms with Gasteiger partial charge in [-0.25, -0.2) is 4.39 Å². The molecular weight excluding hydrogens is 205 g/mol. The van der Waals surface area contributed by atoms with Gasteiger partial charge in [-0.1, -0.05) is 18.2 Å². The van der Waals surface area contributed by atoms with E-state index in [1.807, 2.05) is 13.1 Å². The normalized spacial score (nSPS) is 12.7. The van der Waals surface area contributed by atoms with Gasteiger partial charge in [-0.15, -0.1) is 0 Å². The standard InChI is InChI=1S/C12H14FN3/c1-9-7-15-16(8-9)12(6-14)10-4-2-3-5-11(10)13/h2-5,7-8,12H,6,14H2,1H3. The average Bonchev–Trinajstić information content (AvgIpc) is 2.69. The molecule has 0 aliphatic heterocycles. The van der Waals surface area contributed by atoms with Crippen molar-refractivity contribution in [2.24, 2.45) is 5.73 Å². The van der Waals surface area contributed by atoms with Crippen LogP contribution in [0.5, 0.6) is 0 Å². The first-order chi connectivity index (χ1) is 7.72. The van der Waals surface area contributed by atoms with Gasteiger partial charge < -0.3 is 5.73 Å². The van der Waals surface area contributed by atoms with Gasteiger partial charge in [0, 0.05) is 18.3 Å². The van der Waals surface area contributed by atoms with Crippen molar-refractivity contribution in [3.8, 4) is 0 Å².